The molecule has 0 aromatic heterocycles. The van der Waals surface area contributed by atoms with Gasteiger partial charge in [-0.3, -0.25) is 9.59 Å². The van der Waals surface area contributed by atoms with Crippen LogP contribution in [-0.2, 0) is 16.2 Å². The van der Waals surface area contributed by atoms with Crippen molar-refractivity contribution < 1.29 is 23.8 Å². The van der Waals surface area contributed by atoms with Crippen LogP contribution in [0.3, 0.4) is 0 Å². The van der Waals surface area contributed by atoms with E-state index in [1.54, 1.807) is 55.4 Å². The highest BCUT2D eigenvalue weighted by atomic mass is 32.2. The third-order valence-electron chi connectivity index (χ3n) is 6.44. The molecule has 35 heavy (non-hydrogen) atoms. The number of amides is 2. The van der Waals surface area contributed by atoms with Crippen molar-refractivity contribution in [1.29, 1.82) is 0 Å². The van der Waals surface area contributed by atoms with Gasteiger partial charge < -0.3 is 24.0 Å². The predicted octanol–water partition coefficient (Wildman–Crippen LogP) is 4.30. The number of anilines is 1. The van der Waals surface area contributed by atoms with Gasteiger partial charge in [0.15, 0.2) is 4.87 Å². The zero-order chi connectivity index (χ0) is 24.6. The molecule has 1 spiro atoms. The Morgan fingerprint density at radius 1 is 0.914 bits per heavy atom. The molecule has 0 unspecified atom stereocenters. The van der Waals surface area contributed by atoms with Gasteiger partial charge >= 0.3 is 0 Å². The quantitative estimate of drug-likeness (QED) is 0.513. The molecule has 7 nitrogen and oxygen atoms in total. The fourth-order valence-corrected chi connectivity index (χ4v) is 6.20. The number of fused-ring (bicyclic) bond motifs is 2. The molecule has 0 bridgehead atoms. The average Bonchev–Trinajstić information content (AvgIpc) is 3.45. The lowest BCUT2D eigenvalue weighted by Gasteiger charge is -2.33. The third kappa shape index (κ3) is 3.78. The number of thioether (sulfide) groups is 1. The van der Waals surface area contributed by atoms with Crippen LogP contribution in [0.5, 0.6) is 17.2 Å². The second-order valence-corrected chi connectivity index (χ2v) is 9.59. The first-order chi connectivity index (χ1) is 17.0. The summed E-state index contributed by atoms with van der Waals surface area (Å²) in [4.78, 5) is 30.3. The van der Waals surface area contributed by atoms with Gasteiger partial charge in [0, 0.05) is 23.4 Å². The first kappa shape index (κ1) is 23.1. The van der Waals surface area contributed by atoms with Gasteiger partial charge in [0.05, 0.1) is 33.6 Å². The molecule has 0 aliphatic carbocycles. The molecular formula is C27H26N2O5S. The van der Waals surface area contributed by atoms with Gasteiger partial charge in [-0.25, -0.2) is 0 Å². The zero-order valence-corrected chi connectivity index (χ0v) is 20.6. The van der Waals surface area contributed by atoms with E-state index in [1.165, 1.54) is 11.8 Å². The van der Waals surface area contributed by atoms with Gasteiger partial charge in [0.2, 0.25) is 0 Å². The molecule has 3 aromatic rings. The highest BCUT2D eigenvalue weighted by Crippen LogP contribution is 2.55. The third-order valence-corrected chi connectivity index (χ3v) is 7.86. The fourth-order valence-electron chi connectivity index (χ4n) is 4.74. The number of hydrogen-bond donors (Lipinski definition) is 0. The van der Waals surface area contributed by atoms with E-state index in [1.807, 2.05) is 42.5 Å². The minimum atomic E-state index is -1.16. The lowest BCUT2D eigenvalue weighted by Crippen LogP contribution is -2.50. The predicted molar refractivity (Wildman–Crippen MR) is 135 cm³/mol. The van der Waals surface area contributed by atoms with Crippen LogP contribution in [0.15, 0.2) is 66.7 Å². The number of carbonyl (C=O) groups is 2. The van der Waals surface area contributed by atoms with E-state index < -0.39 is 4.87 Å². The summed E-state index contributed by atoms with van der Waals surface area (Å²) in [6.07, 6.45) is 0. The molecule has 1 saturated heterocycles. The smallest absolute Gasteiger partial charge is 0.268 e. The summed E-state index contributed by atoms with van der Waals surface area (Å²) in [5, 5.41) is 0. The second kappa shape index (κ2) is 9.19. The molecule has 1 atom stereocenters. The number of rotatable bonds is 6. The molecule has 1 fully saturated rings. The van der Waals surface area contributed by atoms with Gasteiger partial charge in [0.25, 0.3) is 11.8 Å². The Labute approximate surface area is 208 Å². The molecule has 8 heteroatoms. The van der Waals surface area contributed by atoms with Crippen LogP contribution in [0.1, 0.15) is 21.5 Å². The van der Waals surface area contributed by atoms with Crippen molar-refractivity contribution in [3.63, 3.8) is 0 Å². The van der Waals surface area contributed by atoms with Crippen LogP contribution in [0.25, 0.3) is 0 Å². The van der Waals surface area contributed by atoms with Crippen molar-refractivity contribution in [3.05, 3.63) is 83.4 Å². The van der Waals surface area contributed by atoms with Crippen molar-refractivity contribution in [2.24, 2.45) is 0 Å². The van der Waals surface area contributed by atoms with E-state index in [2.05, 4.69) is 0 Å². The normalized spacial score (nSPS) is 18.7. The van der Waals surface area contributed by atoms with Gasteiger partial charge in [-0.05, 0) is 54.1 Å². The Balaban J connectivity index is 1.59. The lowest BCUT2D eigenvalue weighted by atomic mass is 10.0. The SMILES string of the molecule is COc1cccc(CN2C(=O)[C@@]3(SCCN3C(=O)c3cccc(OC)c3)c3cc(OC)ccc32)c1. The van der Waals surface area contributed by atoms with Crippen molar-refractivity contribution in [1.82, 2.24) is 4.90 Å². The second-order valence-electron chi connectivity index (χ2n) is 8.31. The topological polar surface area (TPSA) is 68.3 Å². The standard InChI is InChI=1S/C27H26N2O5S/c1-32-20-8-4-6-18(14-20)17-28-24-11-10-22(34-3)16-23(24)27(26(28)31)29(12-13-35-27)25(30)19-7-5-9-21(15-19)33-2/h4-11,14-16H,12-13,17H2,1-3H3/t27-/m0/s1. The maximum atomic E-state index is 14.2. The van der Waals surface area contributed by atoms with E-state index in [0.29, 0.717) is 35.9 Å². The average molecular weight is 491 g/mol. The van der Waals surface area contributed by atoms with Crippen LogP contribution in [0.2, 0.25) is 0 Å². The maximum Gasteiger partial charge on any atom is 0.268 e. The Bertz CT molecular complexity index is 1300. The summed E-state index contributed by atoms with van der Waals surface area (Å²) >= 11 is 1.49. The molecule has 2 heterocycles. The molecule has 3 aromatic carbocycles. The van der Waals surface area contributed by atoms with Crippen molar-refractivity contribution in [3.8, 4) is 17.2 Å². The molecule has 180 valence electrons. The van der Waals surface area contributed by atoms with E-state index in [9.17, 15) is 9.59 Å². The number of nitrogens with zero attached hydrogens (tertiary/aromatic N) is 2. The number of carbonyl (C=O) groups excluding carboxylic acids is 2. The Morgan fingerprint density at radius 3 is 2.34 bits per heavy atom. The Morgan fingerprint density at radius 2 is 1.60 bits per heavy atom. The monoisotopic (exact) mass is 490 g/mol. The number of methoxy groups -OCH3 is 3. The lowest BCUT2D eigenvalue weighted by molar-refractivity contribution is -0.123. The van der Waals surface area contributed by atoms with Crippen molar-refractivity contribution in [2.75, 3.05) is 38.5 Å². The van der Waals surface area contributed by atoms with Gasteiger partial charge in [0.1, 0.15) is 17.2 Å². The fraction of sp³-hybridized carbons (Fsp3) is 0.259. The highest BCUT2D eigenvalue weighted by molar-refractivity contribution is 8.01. The van der Waals surface area contributed by atoms with E-state index in [-0.39, 0.29) is 11.8 Å². The highest BCUT2D eigenvalue weighted by Gasteiger charge is 2.59. The summed E-state index contributed by atoms with van der Waals surface area (Å²) in [5.41, 5.74) is 2.96. The van der Waals surface area contributed by atoms with E-state index >= 15 is 0 Å². The summed E-state index contributed by atoms with van der Waals surface area (Å²) in [5.74, 6) is 2.26. The molecule has 2 amide bonds. The summed E-state index contributed by atoms with van der Waals surface area (Å²) in [6, 6.07) is 20.3. The summed E-state index contributed by atoms with van der Waals surface area (Å²) in [7, 11) is 4.78. The largest absolute Gasteiger partial charge is 0.497 e. The first-order valence-corrected chi connectivity index (χ1v) is 12.2. The Kier molecular flexibility index (Phi) is 6.06. The number of benzene rings is 3. The first-order valence-electron chi connectivity index (χ1n) is 11.2. The number of ether oxygens (including phenoxy) is 3. The Hall–Kier alpha value is -3.65. The van der Waals surface area contributed by atoms with E-state index in [4.69, 9.17) is 14.2 Å². The molecule has 2 aliphatic rings. The molecular weight excluding hydrogens is 464 g/mol. The van der Waals surface area contributed by atoms with Crippen LogP contribution >= 0.6 is 11.8 Å². The number of hydrogen-bond acceptors (Lipinski definition) is 6. The van der Waals surface area contributed by atoms with Crippen LogP contribution in [0.4, 0.5) is 5.69 Å². The molecule has 5 rings (SSSR count). The van der Waals surface area contributed by atoms with Gasteiger partial charge in [-0.2, -0.15) is 0 Å². The van der Waals surface area contributed by atoms with Crippen molar-refractivity contribution >= 4 is 29.3 Å². The van der Waals surface area contributed by atoms with Crippen LogP contribution < -0.4 is 19.1 Å². The maximum absolute atomic E-state index is 14.2. The van der Waals surface area contributed by atoms with Crippen LogP contribution in [0, 0.1) is 0 Å². The summed E-state index contributed by atoms with van der Waals surface area (Å²) in [6.45, 7) is 0.814. The molecule has 0 saturated carbocycles. The molecule has 0 N–H and O–H groups in total. The molecule has 2 aliphatic heterocycles. The van der Waals surface area contributed by atoms with Gasteiger partial charge in [-0.15, -0.1) is 11.8 Å². The zero-order valence-electron chi connectivity index (χ0n) is 19.8. The summed E-state index contributed by atoms with van der Waals surface area (Å²) < 4.78 is 16.2. The molecule has 0 radical (unpaired) electrons. The minimum Gasteiger partial charge on any atom is -0.497 e. The van der Waals surface area contributed by atoms with Crippen molar-refractivity contribution in [2.45, 2.75) is 11.4 Å². The van der Waals surface area contributed by atoms with E-state index in [0.717, 1.165) is 22.6 Å². The minimum absolute atomic E-state index is 0.137. The van der Waals surface area contributed by atoms with Crippen LogP contribution in [-0.4, -0.2) is 50.3 Å². The van der Waals surface area contributed by atoms with Gasteiger partial charge in [-0.1, -0.05) is 18.2 Å².